The zero-order chi connectivity index (χ0) is 9.80. The molecule has 14 heavy (non-hydrogen) atoms. The number of hydrogen-bond donors (Lipinski definition) is 1. The molecule has 2 rings (SSSR count). The lowest BCUT2D eigenvalue weighted by molar-refractivity contribution is -0.0150. The molecule has 1 unspecified atom stereocenters. The predicted molar refractivity (Wildman–Crippen MR) is 57.5 cm³/mol. The van der Waals surface area contributed by atoms with E-state index in [2.05, 4.69) is 17.2 Å². The molecule has 2 heterocycles. The van der Waals surface area contributed by atoms with Crippen LogP contribution in [0.25, 0.3) is 0 Å². The summed E-state index contributed by atoms with van der Waals surface area (Å²) in [6, 6.07) is 0. The van der Waals surface area contributed by atoms with Crippen LogP contribution in [0.15, 0.2) is 11.6 Å². The lowest BCUT2D eigenvalue weighted by atomic mass is 10.1. The Labute approximate surface area is 88.5 Å². The summed E-state index contributed by atoms with van der Waals surface area (Å²) in [6.45, 7) is 4.19. The second-order valence-electron chi connectivity index (χ2n) is 3.62. The second-order valence-corrected chi connectivity index (χ2v) is 4.54. The maximum absolute atomic E-state index is 5.92. The van der Waals surface area contributed by atoms with E-state index in [1.54, 1.807) is 11.3 Å². The first-order valence-electron chi connectivity index (χ1n) is 5.12. The van der Waals surface area contributed by atoms with E-state index in [9.17, 15) is 0 Å². The fraction of sp³-hybridized carbons (Fsp3) is 0.700. The minimum absolute atomic E-state index is 0.139. The second kappa shape index (κ2) is 4.87. The maximum atomic E-state index is 5.92. The SMILES string of the molecule is CC(O[C@@H]1CCCNC1)c1nccs1. The Kier molecular flexibility index (Phi) is 3.50. The minimum Gasteiger partial charge on any atom is -0.367 e. The average Bonchev–Trinajstić information content (AvgIpc) is 2.72. The normalized spacial score (nSPS) is 24.8. The highest BCUT2D eigenvalue weighted by Gasteiger charge is 2.18. The van der Waals surface area contributed by atoms with E-state index in [0.717, 1.165) is 18.1 Å². The Morgan fingerprint density at radius 2 is 2.64 bits per heavy atom. The highest BCUT2D eigenvalue weighted by atomic mass is 32.1. The van der Waals surface area contributed by atoms with Gasteiger partial charge in [-0.3, -0.25) is 0 Å². The van der Waals surface area contributed by atoms with Gasteiger partial charge in [-0.05, 0) is 26.3 Å². The van der Waals surface area contributed by atoms with E-state index in [1.807, 2.05) is 11.6 Å². The van der Waals surface area contributed by atoms with Crippen molar-refractivity contribution in [3.63, 3.8) is 0 Å². The van der Waals surface area contributed by atoms with Gasteiger partial charge in [-0.2, -0.15) is 0 Å². The summed E-state index contributed by atoms with van der Waals surface area (Å²) < 4.78 is 5.92. The number of nitrogens with zero attached hydrogens (tertiary/aromatic N) is 1. The van der Waals surface area contributed by atoms with Crippen molar-refractivity contribution in [3.8, 4) is 0 Å². The molecule has 1 N–H and O–H groups in total. The quantitative estimate of drug-likeness (QED) is 0.832. The van der Waals surface area contributed by atoms with Gasteiger partial charge >= 0.3 is 0 Å². The van der Waals surface area contributed by atoms with Gasteiger partial charge in [0.05, 0.1) is 6.10 Å². The lowest BCUT2D eigenvalue weighted by Gasteiger charge is -2.25. The van der Waals surface area contributed by atoms with Gasteiger partial charge in [-0.15, -0.1) is 11.3 Å². The first kappa shape index (κ1) is 10.1. The largest absolute Gasteiger partial charge is 0.367 e. The summed E-state index contributed by atoms with van der Waals surface area (Å²) >= 11 is 1.66. The van der Waals surface area contributed by atoms with Crippen molar-refractivity contribution in [1.29, 1.82) is 0 Å². The van der Waals surface area contributed by atoms with E-state index >= 15 is 0 Å². The molecule has 0 aromatic carbocycles. The summed E-state index contributed by atoms with van der Waals surface area (Å²) in [4.78, 5) is 4.25. The van der Waals surface area contributed by atoms with Crippen molar-refractivity contribution in [2.75, 3.05) is 13.1 Å². The molecule has 1 saturated heterocycles. The van der Waals surface area contributed by atoms with Crippen molar-refractivity contribution < 1.29 is 4.74 Å². The molecule has 0 radical (unpaired) electrons. The summed E-state index contributed by atoms with van der Waals surface area (Å²) in [5.74, 6) is 0. The number of aromatic nitrogens is 1. The molecule has 1 aliphatic rings. The third kappa shape index (κ3) is 2.53. The highest BCUT2D eigenvalue weighted by Crippen LogP contribution is 2.22. The molecular weight excluding hydrogens is 196 g/mol. The molecule has 0 amide bonds. The maximum Gasteiger partial charge on any atom is 0.121 e. The monoisotopic (exact) mass is 212 g/mol. The Morgan fingerprint density at radius 1 is 1.71 bits per heavy atom. The van der Waals surface area contributed by atoms with Crippen molar-refractivity contribution >= 4 is 11.3 Å². The van der Waals surface area contributed by atoms with Crippen LogP contribution in [-0.4, -0.2) is 24.2 Å². The molecule has 0 spiro atoms. The van der Waals surface area contributed by atoms with Gasteiger partial charge in [0.15, 0.2) is 0 Å². The van der Waals surface area contributed by atoms with Crippen molar-refractivity contribution in [3.05, 3.63) is 16.6 Å². The van der Waals surface area contributed by atoms with Crippen LogP contribution in [0.5, 0.6) is 0 Å². The third-order valence-corrected chi connectivity index (χ3v) is 3.38. The first-order valence-corrected chi connectivity index (χ1v) is 6.00. The third-order valence-electron chi connectivity index (χ3n) is 2.45. The van der Waals surface area contributed by atoms with E-state index in [0.29, 0.717) is 6.10 Å². The zero-order valence-corrected chi connectivity index (χ0v) is 9.22. The molecule has 1 aliphatic heterocycles. The van der Waals surface area contributed by atoms with Crippen LogP contribution in [0, 0.1) is 0 Å². The Balaban J connectivity index is 1.84. The molecule has 3 nitrogen and oxygen atoms in total. The smallest absolute Gasteiger partial charge is 0.121 e. The van der Waals surface area contributed by atoms with Gasteiger partial charge in [0.2, 0.25) is 0 Å². The van der Waals surface area contributed by atoms with Gasteiger partial charge in [0.25, 0.3) is 0 Å². The molecule has 2 atom stereocenters. The summed E-state index contributed by atoms with van der Waals surface area (Å²) in [7, 11) is 0. The van der Waals surface area contributed by atoms with Gasteiger partial charge in [-0.1, -0.05) is 0 Å². The minimum atomic E-state index is 0.139. The van der Waals surface area contributed by atoms with E-state index in [-0.39, 0.29) is 6.10 Å². The Hall–Kier alpha value is -0.450. The van der Waals surface area contributed by atoms with Crippen LogP contribution >= 0.6 is 11.3 Å². The van der Waals surface area contributed by atoms with Gasteiger partial charge < -0.3 is 10.1 Å². The van der Waals surface area contributed by atoms with Crippen LogP contribution in [0.2, 0.25) is 0 Å². The molecule has 0 bridgehead atoms. The molecule has 1 fully saturated rings. The molecular formula is C10H16N2OS. The fourth-order valence-electron chi connectivity index (χ4n) is 1.72. The van der Waals surface area contributed by atoms with Crippen molar-refractivity contribution in [2.24, 2.45) is 0 Å². The van der Waals surface area contributed by atoms with Crippen molar-refractivity contribution in [2.45, 2.75) is 32.0 Å². The molecule has 1 aromatic heterocycles. The zero-order valence-electron chi connectivity index (χ0n) is 8.40. The van der Waals surface area contributed by atoms with Crippen LogP contribution in [0.1, 0.15) is 30.9 Å². The lowest BCUT2D eigenvalue weighted by Crippen LogP contribution is -2.35. The number of rotatable bonds is 3. The number of thiazole rings is 1. The van der Waals surface area contributed by atoms with E-state index in [1.165, 1.54) is 12.8 Å². The van der Waals surface area contributed by atoms with Gasteiger partial charge in [0.1, 0.15) is 11.1 Å². The summed E-state index contributed by atoms with van der Waals surface area (Å²) in [6.07, 6.45) is 4.72. The van der Waals surface area contributed by atoms with Gasteiger partial charge in [0, 0.05) is 18.1 Å². The Bertz CT molecular complexity index is 257. The first-order chi connectivity index (χ1) is 6.86. The molecule has 1 aromatic rings. The standard InChI is InChI=1S/C10H16N2OS/c1-8(10-12-5-6-14-10)13-9-3-2-4-11-7-9/h5-6,8-9,11H,2-4,7H2,1H3/t8?,9-/m1/s1. The molecule has 0 saturated carbocycles. The molecule has 4 heteroatoms. The number of piperidine rings is 1. The Morgan fingerprint density at radius 3 is 3.29 bits per heavy atom. The summed E-state index contributed by atoms with van der Waals surface area (Å²) in [5.41, 5.74) is 0. The van der Waals surface area contributed by atoms with Crippen LogP contribution < -0.4 is 5.32 Å². The summed E-state index contributed by atoms with van der Waals surface area (Å²) in [5, 5.41) is 6.42. The molecule has 78 valence electrons. The van der Waals surface area contributed by atoms with Crippen LogP contribution in [0.4, 0.5) is 0 Å². The highest BCUT2D eigenvalue weighted by molar-refractivity contribution is 7.09. The number of ether oxygens (including phenoxy) is 1. The topological polar surface area (TPSA) is 34.1 Å². The average molecular weight is 212 g/mol. The van der Waals surface area contributed by atoms with Crippen molar-refractivity contribution in [1.82, 2.24) is 10.3 Å². The van der Waals surface area contributed by atoms with Crippen LogP contribution in [0.3, 0.4) is 0 Å². The van der Waals surface area contributed by atoms with Gasteiger partial charge in [-0.25, -0.2) is 4.98 Å². The van der Waals surface area contributed by atoms with E-state index in [4.69, 9.17) is 4.74 Å². The number of nitrogens with one attached hydrogen (secondary N) is 1. The predicted octanol–water partition coefficient (Wildman–Crippen LogP) is 1.97. The van der Waals surface area contributed by atoms with E-state index < -0.39 is 0 Å². The molecule has 0 aliphatic carbocycles. The fourth-order valence-corrected chi connectivity index (χ4v) is 2.35. The van der Waals surface area contributed by atoms with Crippen LogP contribution in [-0.2, 0) is 4.74 Å². The number of hydrogen-bond acceptors (Lipinski definition) is 4.